The fraction of sp³-hybridized carbons (Fsp3) is 0.211. The summed E-state index contributed by atoms with van der Waals surface area (Å²) in [4.78, 5) is 12.2. The van der Waals surface area contributed by atoms with E-state index in [1.54, 1.807) is 0 Å². The Kier molecular flexibility index (Phi) is 6.95. The molecule has 0 saturated heterocycles. The number of carbonyl (C=O) groups is 1. The van der Waals surface area contributed by atoms with Gasteiger partial charge >= 0.3 is 24.7 Å². The molecule has 0 aliphatic rings. The van der Waals surface area contributed by atoms with Crippen molar-refractivity contribution in [2.45, 2.75) is 24.7 Å². The summed E-state index contributed by atoms with van der Waals surface area (Å²) in [6, 6.07) is -2.84. The van der Waals surface area contributed by atoms with E-state index >= 15 is 0 Å². The predicted octanol–water partition coefficient (Wildman–Crippen LogP) is 6.62. The lowest BCUT2D eigenvalue weighted by atomic mass is 9.96. The summed E-state index contributed by atoms with van der Waals surface area (Å²) in [5, 5.41) is 12.2. The highest BCUT2D eigenvalue weighted by Gasteiger charge is 2.42. The van der Waals surface area contributed by atoms with Gasteiger partial charge in [-0.05, 0) is 35.9 Å². The molecule has 0 aliphatic carbocycles. The molecule has 192 valence electrons. The highest BCUT2D eigenvalue weighted by atomic mass is 19.4. The number of rotatable bonds is 3. The highest BCUT2D eigenvalue weighted by molar-refractivity contribution is 6.09. The number of hydrogen-bond donors (Lipinski definition) is 0. The monoisotopic (exact) mass is 531 g/mol. The molecule has 2 rings (SSSR count). The fourth-order valence-corrected chi connectivity index (χ4v) is 2.73. The van der Waals surface area contributed by atoms with Gasteiger partial charge in [-0.25, -0.2) is 8.78 Å². The first-order valence-corrected chi connectivity index (χ1v) is 8.44. The van der Waals surface area contributed by atoms with Crippen LogP contribution in [-0.2, 0) is 24.7 Å². The first kappa shape index (κ1) is 27.9. The predicted molar refractivity (Wildman–Crippen MR) is 85.1 cm³/mol. The van der Waals surface area contributed by atoms with E-state index in [0.29, 0.717) is 0 Å². The number of hydrogen-bond acceptors (Lipinski definition) is 2. The van der Waals surface area contributed by atoms with E-state index in [9.17, 15) is 71.4 Å². The van der Waals surface area contributed by atoms with Crippen molar-refractivity contribution < 1.29 is 71.4 Å². The van der Waals surface area contributed by atoms with Gasteiger partial charge in [-0.3, -0.25) is 4.79 Å². The minimum absolute atomic E-state index is 0.661. The zero-order valence-electron chi connectivity index (χ0n) is 16.0. The van der Waals surface area contributed by atoms with Crippen molar-refractivity contribution in [1.29, 1.82) is 0 Å². The van der Waals surface area contributed by atoms with E-state index in [0.717, 1.165) is 0 Å². The molecular weight excluding hydrogens is 526 g/mol. The van der Waals surface area contributed by atoms with Crippen molar-refractivity contribution in [2.75, 3.05) is 0 Å². The summed E-state index contributed by atoms with van der Waals surface area (Å²) in [5.74, 6) is -9.67. The number of allylic oxidation sites excluding steroid dienone is 1. The van der Waals surface area contributed by atoms with Crippen molar-refractivity contribution in [1.82, 2.24) is 0 Å². The molecule has 16 heteroatoms. The lowest BCUT2D eigenvalue weighted by Gasteiger charge is -2.21. The maximum absolute atomic E-state index is 13.5. The summed E-state index contributed by atoms with van der Waals surface area (Å²) >= 11 is 0. The average molecular weight is 531 g/mol. The molecule has 0 atom stereocenters. The molecule has 35 heavy (non-hydrogen) atoms. The molecule has 0 N–H and O–H groups in total. The van der Waals surface area contributed by atoms with Crippen LogP contribution in [0.1, 0.15) is 38.2 Å². The fourth-order valence-electron chi connectivity index (χ4n) is 2.73. The molecule has 0 spiro atoms. The lowest BCUT2D eigenvalue weighted by molar-refractivity contribution is -0.244. The third-order valence-electron chi connectivity index (χ3n) is 4.23. The second-order valence-corrected chi connectivity index (χ2v) is 6.62. The number of ketones is 1. The van der Waals surface area contributed by atoms with E-state index in [2.05, 4.69) is 0 Å². The molecule has 0 bridgehead atoms. The van der Waals surface area contributed by atoms with Crippen LogP contribution in [0.15, 0.2) is 30.3 Å². The van der Waals surface area contributed by atoms with Crippen LogP contribution >= 0.6 is 0 Å². The Hall–Kier alpha value is -3.33. The second kappa shape index (κ2) is 8.71. The van der Waals surface area contributed by atoms with Gasteiger partial charge in [0.1, 0.15) is 11.6 Å². The molecule has 0 saturated carbocycles. The Bertz CT molecular complexity index is 1180. The Morgan fingerprint density at radius 3 is 1.23 bits per heavy atom. The molecule has 2 aromatic rings. The average Bonchev–Trinajstić information content (AvgIpc) is 2.63. The van der Waals surface area contributed by atoms with Gasteiger partial charge in [0.25, 0.3) is 0 Å². The lowest BCUT2D eigenvalue weighted by Crippen LogP contribution is -2.20. The number of alkyl halides is 12. The zero-order valence-corrected chi connectivity index (χ0v) is 16.0. The van der Waals surface area contributed by atoms with Crippen molar-refractivity contribution in [2.24, 2.45) is 0 Å². The molecule has 0 amide bonds. The van der Waals surface area contributed by atoms with Gasteiger partial charge in [0, 0.05) is 5.56 Å². The van der Waals surface area contributed by atoms with Crippen LogP contribution in [0.25, 0.3) is 5.76 Å². The summed E-state index contributed by atoms with van der Waals surface area (Å²) in [5.41, 5.74) is -13.6. The largest absolute Gasteiger partial charge is 0.872 e. The molecule has 0 fully saturated rings. The smallest absolute Gasteiger partial charge is 0.419 e. The van der Waals surface area contributed by atoms with Gasteiger partial charge in [-0.15, -0.1) is 0 Å². The molecule has 0 unspecified atom stereocenters. The summed E-state index contributed by atoms with van der Waals surface area (Å²) in [6.45, 7) is 0. The summed E-state index contributed by atoms with van der Waals surface area (Å²) < 4.78 is 183. The van der Waals surface area contributed by atoms with E-state index in [1.165, 1.54) is 0 Å². The van der Waals surface area contributed by atoms with Crippen LogP contribution < -0.4 is 5.11 Å². The van der Waals surface area contributed by atoms with E-state index in [1.807, 2.05) is 0 Å². The molecule has 2 aromatic carbocycles. The number of benzene rings is 2. The molecule has 0 aliphatic heterocycles. The topological polar surface area (TPSA) is 40.1 Å². The van der Waals surface area contributed by atoms with Crippen molar-refractivity contribution in [3.8, 4) is 0 Å². The minimum atomic E-state index is -5.71. The summed E-state index contributed by atoms with van der Waals surface area (Å²) in [7, 11) is 0. The molecule has 0 radical (unpaired) electrons. The van der Waals surface area contributed by atoms with E-state index < -0.39 is 112 Å². The zero-order chi connectivity index (χ0) is 27.3. The van der Waals surface area contributed by atoms with Gasteiger partial charge in [-0.1, -0.05) is 5.76 Å². The van der Waals surface area contributed by atoms with Gasteiger partial charge in [0.15, 0.2) is 5.78 Å². The SMILES string of the molecule is O=C(/C=C(\[O-])c1cc(C(F)(F)F)c(F)cc1C(F)(F)F)c1cc(C(F)(F)F)c(F)cc1C(F)(F)F. The molecule has 0 aromatic heterocycles. The third kappa shape index (κ3) is 6.03. The van der Waals surface area contributed by atoms with E-state index in [-0.39, 0.29) is 0 Å². The Balaban J connectivity index is 2.80. The van der Waals surface area contributed by atoms with Gasteiger partial charge < -0.3 is 5.11 Å². The molecule has 0 heterocycles. The van der Waals surface area contributed by atoms with Crippen LogP contribution in [0.4, 0.5) is 61.5 Å². The maximum Gasteiger partial charge on any atom is 0.419 e. The van der Waals surface area contributed by atoms with E-state index in [4.69, 9.17) is 0 Å². The van der Waals surface area contributed by atoms with Crippen LogP contribution in [-0.4, -0.2) is 5.78 Å². The Morgan fingerprint density at radius 1 is 0.571 bits per heavy atom. The first-order valence-electron chi connectivity index (χ1n) is 8.44. The van der Waals surface area contributed by atoms with Gasteiger partial charge in [0.2, 0.25) is 0 Å². The summed E-state index contributed by atoms with van der Waals surface area (Å²) in [6.07, 6.45) is -23.4. The standard InChI is InChI=1S/C19H6F14O2/c20-12-3-8(16(22,23)24)6(1-10(12)18(28,29)30)14(34)5-15(35)7-2-11(19(31,32)33)13(21)4-9(7)17(25,26)27/h1-5,34H/p-1/b14-5-. The quantitative estimate of drug-likeness (QED) is 0.193. The second-order valence-electron chi connectivity index (χ2n) is 6.62. The molecular formula is C19H5F14O2-. The maximum atomic E-state index is 13.5. The molecule has 2 nitrogen and oxygen atoms in total. The van der Waals surface area contributed by atoms with Crippen molar-refractivity contribution >= 4 is 11.5 Å². The van der Waals surface area contributed by atoms with Crippen LogP contribution in [0.2, 0.25) is 0 Å². The third-order valence-corrected chi connectivity index (χ3v) is 4.23. The Labute approximate surface area is 184 Å². The van der Waals surface area contributed by atoms with Crippen LogP contribution in [0, 0.1) is 11.6 Å². The number of carbonyl (C=O) groups excluding carboxylic acids is 1. The van der Waals surface area contributed by atoms with Gasteiger partial charge in [0.05, 0.1) is 22.3 Å². The first-order chi connectivity index (χ1) is 15.5. The Morgan fingerprint density at radius 2 is 0.886 bits per heavy atom. The minimum Gasteiger partial charge on any atom is -0.872 e. The van der Waals surface area contributed by atoms with Crippen molar-refractivity contribution in [3.05, 3.63) is 75.4 Å². The van der Waals surface area contributed by atoms with Crippen LogP contribution in [0.5, 0.6) is 0 Å². The van der Waals surface area contributed by atoms with Gasteiger partial charge in [-0.2, -0.15) is 52.7 Å². The number of halogens is 14. The normalized spacial score (nSPS) is 13.8. The highest BCUT2D eigenvalue weighted by Crippen LogP contribution is 2.41. The van der Waals surface area contributed by atoms with Crippen molar-refractivity contribution in [3.63, 3.8) is 0 Å². The van der Waals surface area contributed by atoms with Crippen LogP contribution in [0.3, 0.4) is 0 Å².